The number of fused-ring (bicyclic) bond motifs is 1. The molecule has 2 rings (SSSR count). The first kappa shape index (κ1) is 7.74. The molecular formula is C10H11NS. The second-order valence-corrected chi connectivity index (χ2v) is 3.63. The number of hydrogen-bond donors (Lipinski definition) is 1. The van der Waals surface area contributed by atoms with Gasteiger partial charge >= 0.3 is 0 Å². The molecule has 1 aliphatic heterocycles. The quantitative estimate of drug-likeness (QED) is 0.611. The molecule has 0 saturated heterocycles. The zero-order valence-corrected chi connectivity index (χ0v) is 7.66. The number of thiocarbonyl (C=S) groups is 1. The molecular weight excluding hydrogens is 166 g/mol. The van der Waals surface area contributed by atoms with Crippen molar-refractivity contribution in [3.8, 4) is 0 Å². The van der Waals surface area contributed by atoms with E-state index in [1.54, 1.807) is 0 Å². The average molecular weight is 177 g/mol. The van der Waals surface area contributed by atoms with E-state index in [2.05, 4.69) is 29.6 Å². The van der Waals surface area contributed by atoms with Crippen LogP contribution < -0.4 is 5.32 Å². The Morgan fingerprint density at radius 2 is 2.08 bits per heavy atom. The lowest BCUT2D eigenvalue weighted by molar-refractivity contribution is 1.13. The van der Waals surface area contributed by atoms with Crippen LogP contribution in [0.15, 0.2) is 24.3 Å². The second kappa shape index (κ2) is 3.23. The monoisotopic (exact) mass is 177 g/mol. The predicted octanol–water partition coefficient (Wildman–Crippen LogP) is 2.41. The number of hydrogen-bond acceptors (Lipinski definition) is 2. The standard InChI is InChI=1S/C10H11NS/c12-9-5-6-11-10-4-2-1-3-8(10)7-9/h1-4,11H,5-7H2. The zero-order valence-electron chi connectivity index (χ0n) is 6.84. The van der Waals surface area contributed by atoms with E-state index >= 15 is 0 Å². The number of para-hydroxylation sites is 1. The maximum Gasteiger partial charge on any atom is 0.0376 e. The molecule has 1 aromatic carbocycles. The van der Waals surface area contributed by atoms with Gasteiger partial charge in [-0.1, -0.05) is 30.4 Å². The molecule has 0 saturated carbocycles. The lowest BCUT2D eigenvalue weighted by Gasteiger charge is -2.04. The fourth-order valence-electron chi connectivity index (χ4n) is 1.48. The molecule has 0 aliphatic carbocycles. The highest BCUT2D eigenvalue weighted by Gasteiger charge is 2.08. The molecule has 0 spiro atoms. The second-order valence-electron chi connectivity index (χ2n) is 3.05. The highest BCUT2D eigenvalue weighted by molar-refractivity contribution is 7.80. The van der Waals surface area contributed by atoms with Gasteiger partial charge in [-0.2, -0.15) is 0 Å². The van der Waals surface area contributed by atoms with Gasteiger partial charge in [0.2, 0.25) is 0 Å². The zero-order chi connectivity index (χ0) is 8.39. The number of rotatable bonds is 0. The van der Waals surface area contributed by atoms with Crippen molar-refractivity contribution in [2.45, 2.75) is 12.8 Å². The Labute approximate surface area is 77.8 Å². The number of anilines is 1. The molecule has 1 aromatic rings. The van der Waals surface area contributed by atoms with Crippen LogP contribution in [0.4, 0.5) is 5.69 Å². The van der Waals surface area contributed by atoms with Gasteiger partial charge in [-0.3, -0.25) is 0 Å². The van der Waals surface area contributed by atoms with Crippen molar-refractivity contribution in [3.63, 3.8) is 0 Å². The maximum absolute atomic E-state index is 5.23. The first-order valence-corrected chi connectivity index (χ1v) is 4.60. The molecule has 62 valence electrons. The summed E-state index contributed by atoms with van der Waals surface area (Å²) >= 11 is 5.23. The molecule has 0 atom stereocenters. The summed E-state index contributed by atoms with van der Waals surface area (Å²) in [6, 6.07) is 8.37. The molecule has 12 heavy (non-hydrogen) atoms. The Morgan fingerprint density at radius 1 is 1.25 bits per heavy atom. The SMILES string of the molecule is S=C1CCNc2ccccc2C1. The average Bonchev–Trinajstić information content (AvgIpc) is 2.25. The van der Waals surface area contributed by atoms with Crippen LogP contribution in [0, 0.1) is 0 Å². The summed E-state index contributed by atoms with van der Waals surface area (Å²) in [6.45, 7) is 0.982. The highest BCUT2D eigenvalue weighted by Crippen LogP contribution is 2.19. The van der Waals surface area contributed by atoms with Gasteiger partial charge in [0, 0.05) is 18.7 Å². The third kappa shape index (κ3) is 1.48. The molecule has 1 heterocycles. The Balaban J connectivity index is 2.37. The maximum atomic E-state index is 5.23. The van der Waals surface area contributed by atoms with Crippen molar-refractivity contribution < 1.29 is 0 Å². The predicted molar refractivity (Wildman–Crippen MR) is 55.9 cm³/mol. The third-order valence-electron chi connectivity index (χ3n) is 2.12. The van der Waals surface area contributed by atoms with Crippen LogP contribution in [0.5, 0.6) is 0 Å². The molecule has 0 unspecified atom stereocenters. The summed E-state index contributed by atoms with van der Waals surface area (Å²) in [7, 11) is 0. The normalized spacial score (nSPS) is 16.2. The largest absolute Gasteiger partial charge is 0.384 e. The van der Waals surface area contributed by atoms with Gasteiger partial charge in [0.1, 0.15) is 0 Å². The van der Waals surface area contributed by atoms with Crippen molar-refractivity contribution in [3.05, 3.63) is 29.8 Å². The van der Waals surface area contributed by atoms with E-state index in [9.17, 15) is 0 Å². The molecule has 0 aromatic heterocycles. The van der Waals surface area contributed by atoms with Crippen molar-refractivity contribution in [1.82, 2.24) is 0 Å². The van der Waals surface area contributed by atoms with Crippen molar-refractivity contribution >= 4 is 22.8 Å². The Hall–Kier alpha value is -0.890. The molecule has 0 amide bonds. The van der Waals surface area contributed by atoms with Crippen LogP contribution >= 0.6 is 12.2 Å². The highest BCUT2D eigenvalue weighted by atomic mass is 32.1. The number of benzene rings is 1. The molecule has 1 aliphatic rings. The van der Waals surface area contributed by atoms with Crippen molar-refractivity contribution in [1.29, 1.82) is 0 Å². The van der Waals surface area contributed by atoms with Crippen LogP contribution in [-0.4, -0.2) is 11.4 Å². The van der Waals surface area contributed by atoms with E-state index in [-0.39, 0.29) is 0 Å². The van der Waals surface area contributed by atoms with E-state index in [0.29, 0.717) is 0 Å². The van der Waals surface area contributed by atoms with Crippen molar-refractivity contribution in [2.24, 2.45) is 0 Å². The fourth-order valence-corrected chi connectivity index (χ4v) is 1.74. The van der Waals surface area contributed by atoms with E-state index in [1.165, 1.54) is 11.3 Å². The topological polar surface area (TPSA) is 12.0 Å². The van der Waals surface area contributed by atoms with Gasteiger partial charge in [-0.25, -0.2) is 0 Å². The third-order valence-corrected chi connectivity index (χ3v) is 2.47. The summed E-state index contributed by atoms with van der Waals surface area (Å²) < 4.78 is 0. The van der Waals surface area contributed by atoms with E-state index in [4.69, 9.17) is 12.2 Å². The molecule has 1 N–H and O–H groups in total. The summed E-state index contributed by atoms with van der Waals surface area (Å²) in [5.74, 6) is 0. The van der Waals surface area contributed by atoms with Crippen LogP contribution in [0.2, 0.25) is 0 Å². The lowest BCUT2D eigenvalue weighted by atomic mass is 10.1. The molecule has 2 heteroatoms. The minimum atomic E-state index is 0.957. The van der Waals surface area contributed by atoms with Gasteiger partial charge in [0.25, 0.3) is 0 Å². The van der Waals surface area contributed by atoms with E-state index < -0.39 is 0 Å². The Morgan fingerprint density at radius 3 is 3.00 bits per heavy atom. The molecule has 0 fully saturated rings. The number of nitrogens with one attached hydrogen (secondary N) is 1. The van der Waals surface area contributed by atoms with Gasteiger partial charge < -0.3 is 5.32 Å². The fraction of sp³-hybridized carbons (Fsp3) is 0.300. The van der Waals surface area contributed by atoms with Crippen LogP contribution in [0.3, 0.4) is 0 Å². The smallest absolute Gasteiger partial charge is 0.0376 e. The Kier molecular flexibility index (Phi) is 2.09. The Bertz CT molecular complexity index is 306. The van der Waals surface area contributed by atoms with E-state index in [1.807, 2.05) is 0 Å². The van der Waals surface area contributed by atoms with Gasteiger partial charge in [-0.05, 0) is 22.9 Å². The van der Waals surface area contributed by atoms with E-state index in [0.717, 1.165) is 24.3 Å². The molecule has 1 nitrogen and oxygen atoms in total. The summed E-state index contributed by atoms with van der Waals surface area (Å²) in [5.41, 5.74) is 2.58. The summed E-state index contributed by atoms with van der Waals surface area (Å²) in [6.07, 6.45) is 1.97. The van der Waals surface area contributed by atoms with Gasteiger partial charge in [0.15, 0.2) is 0 Å². The summed E-state index contributed by atoms with van der Waals surface area (Å²) in [5, 5.41) is 3.37. The van der Waals surface area contributed by atoms with Crippen molar-refractivity contribution in [2.75, 3.05) is 11.9 Å². The van der Waals surface area contributed by atoms with Crippen LogP contribution in [0.1, 0.15) is 12.0 Å². The molecule has 0 radical (unpaired) electrons. The van der Waals surface area contributed by atoms with Crippen LogP contribution in [-0.2, 0) is 6.42 Å². The first-order chi connectivity index (χ1) is 5.86. The summed E-state index contributed by atoms with van der Waals surface area (Å²) in [4.78, 5) is 1.16. The van der Waals surface area contributed by atoms with Crippen LogP contribution in [0.25, 0.3) is 0 Å². The lowest BCUT2D eigenvalue weighted by Crippen LogP contribution is -2.01. The minimum Gasteiger partial charge on any atom is -0.384 e. The molecule has 0 bridgehead atoms. The minimum absolute atomic E-state index is 0.957. The van der Waals surface area contributed by atoms with Gasteiger partial charge in [-0.15, -0.1) is 0 Å². The van der Waals surface area contributed by atoms with Gasteiger partial charge in [0.05, 0.1) is 0 Å². The first-order valence-electron chi connectivity index (χ1n) is 4.20.